The molecule has 2 atom stereocenters. The first kappa shape index (κ1) is 18.4. The third-order valence-electron chi connectivity index (χ3n) is 5.55. The van der Waals surface area contributed by atoms with Crippen molar-refractivity contribution in [1.82, 2.24) is 4.90 Å². The van der Waals surface area contributed by atoms with Gasteiger partial charge in [-0.15, -0.1) is 0 Å². The molecule has 2 aromatic carbocycles. The molecule has 0 bridgehead atoms. The minimum atomic E-state index is -2.67. The molecule has 1 aliphatic carbocycles. The fourth-order valence-corrected chi connectivity index (χ4v) is 4.16. The Balaban J connectivity index is 1.51. The second kappa shape index (κ2) is 7.22. The van der Waals surface area contributed by atoms with Gasteiger partial charge in [0, 0.05) is 18.4 Å². The molecule has 0 spiro atoms. The van der Waals surface area contributed by atoms with Gasteiger partial charge in [0.2, 0.25) is 6.43 Å². The van der Waals surface area contributed by atoms with Gasteiger partial charge in [0.1, 0.15) is 12.6 Å². The molecule has 0 aromatic heterocycles. The normalized spacial score (nSPS) is 20.9. The summed E-state index contributed by atoms with van der Waals surface area (Å²) in [5, 5.41) is 9.28. The summed E-state index contributed by atoms with van der Waals surface area (Å²) >= 11 is 0. The molecule has 1 amide bonds. The van der Waals surface area contributed by atoms with E-state index in [0.717, 1.165) is 27.2 Å². The highest BCUT2D eigenvalue weighted by Crippen LogP contribution is 2.44. The molecule has 0 saturated carbocycles. The number of hydrogen-bond donors (Lipinski definition) is 1. The van der Waals surface area contributed by atoms with Gasteiger partial charge in [-0.2, -0.15) is 0 Å². The minimum absolute atomic E-state index is 0.0229. The lowest BCUT2D eigenvalue weighted by molar-refractivity contribution is -0.141. The molecule has 1 saturated heterocycles. The van der Waals surface area contributed by atoms with Crippen LogP contribution < -0.4 is 0 Å². The zero-order chi connectivity index (χ0) is 19.8. The monoisotopic (exact) mass is 387 g/mol. The number of rotatable bonds is 4. The van der Waals surface area contributed by atoms with Gasteiger partial charge in [0.15, 0.2) is 0 Å². The van der Waals surface area contributed by atoms with Crippen LogP contribution in [0.3, 0.4) is 0 Å². The summed E-state index contributed by atoms with van der Waals surface area (Å²) in [5.74, 6) is -2.62. The highest BCUT2D eigenvalue weighted by Gasteiger charge is 2.44. The smallest absolute Gasteiger partial charge is 0.410 e. The Bertz CT molecular complexity index is 871. The molecule has 1 N–H and O–H groups in total. The predicted molar refractivity (Wildman–Crippen MR) is 97.3 cm³/mol. The Morgan fingerprint density at radius 2 is 1.64 bits per heavy atom. The lowest BCUT2D eigenvalue weighted by atomic mass is 9.98. The number of alkyl halides is 2. The summed E-state index contributed by atoms with van der Waals surface area (Å²) in [4.78, 5) is 24.8. The third kappa shape index (κ3) is 3.10. The van der Waals surface area contributed by atoms with E-state index >= 15 is 0 Å². The molecule has 28 heavy (non-hydrogen) atoms. The van der Waals surface area contributed by atoms with Gasteiger partial charge in [0.25, 0.3) is 0 Å². The number of carbonyl (C=O) groups is 2. The number of benzene rings is 2. The number of fused-ring (bicyclic) bond motifs is 3. The molecule has 5 nitrogen and oxygen atoms in total. The Morgan fingerprint density at radius 1 is 1.07 bits per heavy atom. The molecule has 4 rings (SSSR count). The van der Waals surface area contributed by atoms with Crippen LogP contribution in [0.25, 0.3) is 11.1 Å². The van der Waals surface area contributed by atoms with Crippen molar-refractivity contribution in [3.8, 4) is 11.1 Å². The first-order valence-corrected chi connectivity index (χ1v) is 9.10. The molecule has 1 aliphatic heterocycles. The number of hydrogen-bond acceptors (Lipinski definition) is 3. The number of carboxylic acid groups (broad SMARTS) is 1. The fourth-order valence-electron chi connectivity index (χ4n) is 4.16. The number of halogens is 2. The van der Waals surface area contributed by atoms with Gasteiger partial charge in [-0.25, -0.2) is 18.4 Å². The predicted octanol–water partition coefficient (Wildman–Crippen LogP) is 3.98. The van der Waals surface area contributed by atoms with Crippen LogP contribution in [-0.4, -0.2) is 47.7 Å². The van der Waals surface area contributed by atoms with Gasteiger partial charge >= 0.3 is 12.1 Å². The van der Waals surface area contributed by atoms with E-state index in [4.69, 9.17) is 4.74 Å². The number of carbonyl (C=O) groups excluding carboxylic acids is 1. The molecule has 0 unspecified atom stereocenters. The largest absolute Gasteiger partial charge is 0.480 e. The van der Waals surface area contributed by atoms with Gasteiger partial charge in [-0.05, 0) is 28.7 Å². The van der Waals surface area contributed by atoms with Gasteiger partial charge in [-0.3, -0.25) is 4.90 Å². The van der Waals surface area contributed by atoms with Crippen LogP contribution >= 0.6 is 0 Å². The number of carboxylic acids is 1. The van der Waals surface area contributed by atoms with Gasteiger partial charge in [0.05, 0.1) is 0 Å². The van der Waals surface area contributed by atoms with Crippen molar-refractivity contribution in [3.63, 3.8) is 0 Å². The molecule has 146 valence electrons. The Hall–Kier alpha value is -2.96. The van der Waals surface area contributed by atoms with Gasteiger partial charge in [-0.1, -0.05) is 48.5 Å². The van der Waals surface area contributed by atoms with E-state index in [-0.39, 0.29) is 25.5 Å². The first-order valence-electron chi connectivity index (χ1n) is 9.10. The van der Waals surface area contributed by atoms with E-state index in [1.54, 1.807) is 0 Å². The second-order valence-corrected chi connectivity index (χ2v) is 7.14. The number of ether oxygens (including phenoxy) is 1. The summed E-state index contributed by atoms with van der Waals surface area (Å²) in [6.45, 7) is -0.291. The summed E-state index contributed by atoms with van der Waals surface area (Å²) in [7, 11) is 0. The Kier molecular flexibility index (Phi) is 4.75. The van der Waals surface area contributed by atoms with Crippen LogP contribution in [-0.2, 0) is 9.53 Å². The lowest BCUT2D eigenvalue weighted by Crippen LogP contribution is -2.41. The number of aliphatic carboxylic acids is 1. The zero-order valence-electron chi connectivity index (χ0n) is 14.9. The Labute approximate surface area is 160 Å². The topological polar surface area (TPSA) is 66.8 Å². The quantitative estimate of drug-likeness (QED) is 0.862. The van der Waals surface area contributed by atoms with Crippen molar-refractivity contribution in [2.24, 2.45) is 5.92 Å². The van der Waals surface area contributed by atoms with Crippen molar-refractivity contribution < 1.29 is 28.2 Å². The van der Waals surface area contributed by atoms with Gasteiger partial charge < -0.3 is 9.84 Å². The summed E-state index contributed by atoms with van der Waals surface area (Å²) in [6.07, 6.45) is -3.80. The molecule has 2 aromatic rings. The van der Waals surface area contributed by atoms with Crippen molar-refractivity contribution in [3.05, 3.63) is 59.7 Å². The highest BCUT2D eigenvalue weighted by atomic mass is 19.3. The van der Waals surface area contributed by atoms with E-state index in [2.05, 4.69) is 0 Å². The summed E-state index contributed by atoms with van der Waals surface area (Å²) in [5.41, 5.74) is 4.19. The van der Waals surface area contributed by atoms with Crippen LogP contribution in [0.1, 0.15) is 23.5 Å². The summed E-state index contributed by atoms with van der Waals surface area (Å²) in [6, 6.07) is 14.4. The zero-order valence-corrected chi connectivity index (χ0v) is 14.9. The molecular weight excluding hydrogens is 368 g/mol. The number of likely N-dealkylation sites (tertiary alicyclic amines) is 1. The van der Waals surface area contributed by atoms with E-state index in [0.29, 0.717) is 0 Å². The standard InChI is InChI=1S/C21H19F2NO4/c22-19(23)12-9-18(20(25)26)24(10-12)21(27)28-11-17-15-7-3-1-5-13(15)14-6-2-4-8-16(14)17/h1-8,12,17-19H,9-11H2,(H,25,26)/t12-,18-/m0/s1. The maximum atomic E-state index is 13.0. The van der Waals surface area contributed by atoms with Crippen LogP contribution in [0.5, 0.6) is 0 Å². The van der Waals surface area contributed by atoms with Crippen molar-refractivity contribution in [2.45, 2.75) is 24.8 Å². The SMILES string of the molecule is O=C(O)[C@@H]1C[C@H](C(F)F)CN1C(=O)OCC1c2ccccc2-c2ccccc21. The first-order chi connectivity index (χ1) is 13.5. The van der Waals surface area contributed by atoms with E-state index in [1.807, 2.05) is 48.5 Å². The van der Waals surface area contributed by atoms with Crippen LogP contribution in [0.15, 0.2) is 48.5 Å². The molecule has 2 aliphatic rings. The van der Waals surface area contributed by atoms with Crippen molar-refractivity contribution in [1.29, 1.82) is 0 Å². The van der Waals surface area contributed by atoms with E-state index < -0.39 is 30.4 Å². The number of nitrogens with zero attached hydrogens (tertiary/aromatic N) is 1. The maximum Gasteiger partial charge on any atom is 0.410 e. The molecular formula is C21H19F2NO4. The molecule has 1 fully saturated rings. The maximum absolute atomic E-state index is 13.0. The second-order valence-electron chi connectivity index (χ2n) is 7.14. The highest BCUT2D eigenvalue weighted by molar-refractivity contribution is 5.81. The average Bonchev–Trinajstić information content (AvgIpc) is 3.27. The Morgan fingerprint density at radius 3 is 2.18 bits per heavy atom. The summed E-state index contributed by atoms with van der Waals surface area (Å²) < 4.78 is 31.4. The minimum Gasteiger partial charge on any atom is -0.480 e. The fraction of sp³-hybridized carbons (Fsp3) is 0.333. The molecule has 0 radical (unpaired) electrons. The van der Waals surface area contributed by atoms with Crippen molar-refractivity contribution in [2.75, 3.05) is 13.2 Å². The van der Waals surface area contributed by atoms with Crippen LogP contribution in [0, 0.1) is 5.92 Å². The van der Waals surface area contributed by atoms with Crippen LogP contribution in [0.4, 0.5) is 13.6 Å². The van der Waals surface area contributed by atoms with E-state index in [9.17, 15) is 23.5 Å². The molecule has 1 heterocycles. The van der Waals surface area contributed by atoms with Crippen molar-refractivity contribution >= 4 is 12.1 Å². The number of amides is 1. The van der Waals surface area contributed by atoms with E-state index in [1.165, 1.54) is 0 Å². The molecule has 7 heteroatoms. The average molecular weight is 387 g/mol. The lowest BCUT2D eigenvalue weighted by Gasteiger charge is -2.22. The third-order valence-corrected chi connectivity index (χ3v) is 5.55. The van der Waals surface area contributed by atoms with Crippen LogP contribution in [0.2, 0.25) is 0 Å².